The predicted molar refractivity (Wildman–Crippen MR) is 51.1 cm³/mol. The molecule has 0 unspecified atom stereocenters. The van der Waals surface area contributed by atoms with E-state index in [-0.39, 0.29) is 5.60 Å². The molecule has 0 radical (unpaired) electrons. The summed E-state index contributed by atoms with van der Waals surface area (Å²) < 4.78 is 0. The molecule has 0 aliphatic carbocycles. The largest absolute Gasteiger partial charge is 0.387 e. The van der Waals surface area contributed by atoms with E-state index in [0.717, 1.165) is 26.1 Å². The Balaban J connectivity index is 2.22. The highest BCUT2D eigenvalue weighted by Gasteiger charge is 2.38. The van der Waals surface area contributed by atoms with Crippen molar-refractivity contribution in [1.29, 1.82) is 0 Å². The summed E-state index contributed by atoms with van der Waals surface area (Å²) in [5, 5.41) is 9.69. The average molecular weight is 169 g/mol. The first-order valence-electron chi connectivity index (χ1n) is 4.64. The highest BCUT2D eigenvalue weighted by Crippen LogP contribution is 2.23. The number of aliphatic hydroxyl groups is 1. The molecule has 0 amide bonds. The first-order valence-corrected chi connectivity index (χ1v) is 4.64. The summed E-state index contributed by atoms with van der Waals surface area (Å²) in [5.41, 5.74) is 0.970. The summed E-state index contributed by atoms with van der Waals surface area (Å²) in [6.07, 6.45) is 3.08. The van der Waals surface area contributed by atoms with E-state index < -0.39 is 0 Å². The molecule has 0 aromatic rings. The molecule has 0 aromatic carbocycles. The van der Waals surface area contributed by atoms with Crippen LogP contribution >= 0.6 is 0 Å². The van der Waals surface area contributed by atoms with Gasteiger partial charge in [0.15, 0.2) is 0 Å². The van der Waals surface area contributed by atoms with Crippen LogP contribution in [0.15, 0.2) is 11.6 Å². The van der Waals surface area contributed by atoms with Crippen LogP contribution in [0, 0.1) is 0 Å². The monoisotopic (exact) mass is 169 g/mol. The predicted octanol–water partition coefficient (Wildman–Crippen LogP) is 1.41. The van der Waals surface area contributed by atoms with Gasteiger partial charge < -0.3 is 5.11 Å². The Morgan fingerprint density at radius 2 is 2.08 bits per heavy atom. The van der Waals surface area contributed by atoms with E-state index in [1.54, 1.807) is 0 Å². The third kappa shape index (κ3) is 2.32. The highest BCUT2D eigenvalue weighted by atomic mass is 16.3. The molecule has 1 aliphatic rings. The molecule has 0 saturated carbocycles. The van der Waals surface area contributed by atoms with E-state index in [0.29, 0.717) is 0 Å². The first-order chi connectivity index (χ1) is 5.56. The van der Waals surface area contributed by atoms with Gasteiger partial charge >= 0.3 is 0 Å². The molecule has 70 valence electrons. The van der Waals surface area contributed by atoms with Crippen LogP contribution in [-0.4, -0.2) is 35.2 Å². The minimum atomic E-state index is -0.379. The van der Waals surface area contributed by atoms with Gasteiger partial charge in [0.1, 0.15) is 0 Å². The molecule has 0 spiro atoms. The zero-order chi connectivity index (χ0) is 9.19. The minimum Gasteiger partial charge on any atom is -0.387 e. The smallest absolute Gasteiger partial charge is 0.0897 e. The SMILES string of the molecule is CCC1(O)CN(CC=C(C)C)C1. The molecule has 2 nitrogen and oxygen atoms in total. The quantitative estimate of drug-likeness (QED) is 0.646. The second kappa shape index (κ2) is 3.58. The van der Waals surface area contributed by atoms with Gasteiger partial charge in [-0.2, -0.15) is 0 Å². The minimum absolute atomic E-state index is 0.379. The van der Waals surface area contributed by atoms with Crippen LogP contribution in [0.1, 0.15) is 27.2 Å². The van der Waals surface area contributed by atoms with Crippen molar-refractivity contribution in [3.8, 4) is 0 Å². The van der Waals surface area contributed by atoms with Gasteiger partial charge in [-0.05, 0) is 20.3 Å². The van der Waals surface area contributed by atoms with E-state index in [4.69, 9.17) is 0 Å². The van der Waals surface area contributed by atoms with Crippen molar-refractivity contribution >= 4 is 0 Å². The molecular weight excluding hydrogens is 150 g/mol. The third-order valence-corrected chi connectivity index (χ3v) is 2.45. The van der Waals surface area contributed by atoms with Crippen molar-refractivity contribution < 1.29 is 5.11 Å². The number of hydrogen-bond acceptors (Lipinski definition) is 2. The summed E-state index contributed by atoms with van der Waals surface area (Å²) in [6, 6.07) is 0. The van der Waals surface area contributed by atoms with Gasteiger partial charge in [0.25, 0.3) is 0 Å². The van der Waals surface area contributed by atoms with E-state index in [9.17, 15) is 5.11 Å². The lowest BCUT2D eigenvalue weighted by molar-refractivity contribution is -0.0944. The van der Waals surface area contributed by atoms with Gasteiger partial charge in [-0.25, -0.2) is 0 Å². The summed E-state index contributed by atoms with van der Waals surface area (Å²) in [4.78, 5) is 2.26. The second-order valence-corrected chi connectivity index (χ2v) is 4.03. The number of likely N-dealkylation sites (tertiary alicyclic amines) is 1. The van der Waals surface area contributed by atoms with Gasteiger partial charge in [0.2, 0.25) is 0 Å². The van der Waals surface area contributed by atoms with Gasteiger partial charge in [0.05, 0.1) is 5.60 Å². The number of β-amino-alcohol motifs (C(OH)–C–C–N with tert-alkyl or cyclic N) is 1. The van der Waals surface area contributed by atoms with Gasteiger partial charge in [0, 0.05) is 19.6 Å². The molecular formula is C10H19NO. The Labute approximate surface area is 74.9 Å². The van der Waals surface area contributed by atoms with Crippen molar-refractivity contribution in [2.45, 2.75) is 32.8 Å². The molecule has 1 fully saturated rings. The molecule has 12 heavy (non-hydrogen) atoms. The maximum Gasteiger partial charge on any atom is 0.0897 e. The number of hydrogen-bond donors (Lipinski definition) is 1. The third-order valence-electron chi connectivity index (χ3n) is 2.45. The fraction of sp³-hybridized carbons (Fsp3) is 0.800. The molecule has 1 heterocycles. The molecule has 0 bridgehead atoms. The molecule has 0 aromatic heterocycles. The van der Waals surface area contributed by atoms with Gasteiger partial charge in [-0.1, -0.05) is 18.6 Å². The highest BCUT2D eigenvalue weighted by molar-refractivity contribution is 5.01. The van der Waals surface area contributed by atoms with E-state index in [1.807, 2.05) is 6.92 Å². The van der Waals surface area contributed by atoms with Crippen molar-refractivity contribution in [2.24, 2.45) is 0 Å². The van der Waals surface area contributed by atoms with E-state index in [1.165, 1.54) is 5.57 Å². The molecule has 1 saturated heterocycles. The zero-order valence-corrected chi connectivity index (χ0v) is 8.30. The van der Waals surface area contributed by atoms with Crippen LogP contribution in [0.25, 0.3) is 0 Å². The fourth-order valence-corrected chi connectivity index (χ4v) is 1.45. The standard InChI is InChI=1S/C10H19NO/c1-4-10(12)7-11(8-10)6-5-9(2)3/h5,12H,4,6-8H2,1-3H3. The van der Waals surface area contributed by atoms with Crippen LogP contribution in [-0.2, 0) is 0 Å². The average Bonchev–Trinajstić information content (AvgIpc) is 1.95. The van der Waals surface area contributed by atoms with Crippen LogP contribution in [0.4, 0.5) is 0 Å². The molecule has 0 atom stereocenters. The van der Waals surface area contributed by atoms with Gasteiger partial charge in [-0.15, -0.1) is 0 Å². The number of rotatable bonds is 3. The van der Waals surface area contributed by atoms with Crippen LogP contribution in [0.3, 0.4) is 0 Å². The van der Waals surface area contributed by atoms with Crippen LogP contribution in [0.2, 0.25) is 0 Å². The maximum atomic E-state index is 9.69. The number of allylic oxidation sites excluding steroid dienone is 1. The lowest BCUT2D eigenvalue weighted by Gasteiger charge is -2.45. The summed E-state index contributed by atoms with van der Waals surface area (Å²) in [7, 11) is 0. The zero-order valence-electron chi connectivity index (χ0n) is 8.30. The molecule has 1 N–H and O–H groups in total. The van der Waals surface area contributed by atoms with Crippen molar-refractivity contribution in [2.75, 3.05) is 19.6 Å². The van der Waals surface area contributed by atoms with Gasteiger partial charge in [-0.3, -0.25) is 4.90 Å². The van der Waals surface area contributed by atoms with Crippen molar-refractivity contribution in [3.05, 3.63) is 11.6 Å². The number of nitrogens with zero attached hydrogens (tertiary/aromatic N) is 1. The lowest BCUT2D eigenvalue weighted by Crippen LogP contribution is -2.61. The maximum absolute atomic E-state index is 9.69. The van der Waals surface area contributed by atoms with Crippen LogP contribution < -0.4 is 0 Å². The molecule has 1 rings (SSSR count). The Morgan fingerprint density at radius 3 is 2.50 bits per heavy atom. The van der Waals surface area contributed by atoms with Crippen molar-refractivity contribution in [3.63, 3.8) is 0 Å². The topological polar surface area (TPSA) is 23.5 Å². The first kappa shape index (κ1) is 9.75. The molecule has 1 aliphatic heterocycles. The van der Waals surface area contributed by atoms with E-state index >= 15 is 0 Å². The second-order valence-electron chi connectivity index (χ2n) is 4.03. The summed E-state index contributed by atoms with van der Waals surface area (Å²) >= 11 is 0. The van der Waals surface area contributed by atoms with E-state index in [2.05, 4.69) is 24.8 Å². The van der Waals surface area contributed by atoms with Crippen molar-refractivity contribution in [1.82, 2.24) is 4.90 Å². The van der Waals surface area contributed by atoms with Crippen LogP contribution in [0.5, 0.6) is 0 Å². The fourth-order valence-electron chi connectivity index (χ4n) is 1.45. The normalized spacial score (nSPS) is 21.7. The summed E-state index contributed by atoms with van der Waals surface area (Å²) in [5.74, 6) is 0. The molecule has 2 heteroatoms. The Bertz CT molecular complexity index is 176. The Morgan fingerprint density at radius 1 is 1.50 bits per heavy atom. The summed E-state index contributed by atoms with van der Waals surface area (Å²) in [6.45, 7) is 8.92. The Kier molecular flexibility index (Phi) is 2.91. The Hall–Kier alpha value is -0.340. The lowest BCUT2D eigenvalue weighted by atomic mass is 9.91.